The zero-order valence-corrected chi connectivity index (χ0v) is 19.7. The van der Waals surface area contributed by atoms with Gasteiger partial charge in [-0.3, -0.25) is 15.0 Å². The first-order chi connectivity index (χ1) is 16.4. The van der Waals surface area contributed by atoms with E-state index in [1.807, 2.05) is 0 Å². The Hall–Kier alpha value is -3.34. The summed E-state index contributed by atoms with van der Waals surface area (Å²) in [5.41, 5.74) is 3.82. The van der Waals surface area contributed by atoms with E-state index in [2.05, 4.69) is 16.2 Å². The first kappa shape index (κ1) is 27.9. The summed E-state index contributed by atoms with van der Waals surface area (Å²) in [5, 5.41) is 13.4. The molecule has 11 heteroatoms. The molecule has 35 heavy (non-hydrogen) atoms. The first-order valence-corrected chi connectivity index (χ1v) is 11.0. The highest BCUT2D eigenvalue weighted by Gasteiger charge is 2.40. The number of aliphatic hydroxyl groups excluding tert-OH is 1. The van der Waals surface area contributed by atoms with Crippen LogP contribution in [0.15, 0.2) is 46.1 Å². The number of hydrazine groups is 1. The lowest BCUT2D eigenvalue weighted by atomic mass is 9.72. The Morgan fingerprint density at radius 1 is 1.23 bits per heavy atom. The van der Waals surface area contributed by atoms with Crippen molar-refractivity contribution in [2.45, 2.75) is 52.6 Å². The summed E-state index contributed by atoms with van der Waals surface area (Å²) in [6.45, 7) is 4.77. The molecule has 0 radical (unpaired) electrons. The predicted molar refractivity (Wildman–Crippen MR) is 122 cm³/mol. The van der Waals surface area contributed by atoms with Gasteiger partial charge in [-0.1, -0.05) is 19.1 Å². The van der Waals surface area contributed by atoms with Gasteiger partial charge in [0, 0.05) is 18.0 Å². The topological polar surface area (TPSA) is 104 Å². The van der Waals surface area contributed by atoms with Crippen LogP contribution in [0.5, 0.6) is 0 Å². The second kappa shape index (κ2) is 11.9. The Kier molecular flexibility index (Phi) is 9.47. The minimum atomic E-state index is -4.82. The minimum Gasteiger partial charge on any atom is -0.511 e. The molecule has 0 aliphatic heterocycles. The molecule has 0 aliphatic rings. The summed E-state index contributed by atoms with van der Waals surface area (Å²) < 4.78 is 58.3. The van der Waals surface area contributed by atoms with Gasteiger partial charge in [0.05, 0.1) is 11.3 Å². The third-order valence-electron chi connectivity index (χ3n) is 5.79. The molecule has 2 aromatic rings. The quantitative estimate of drug-likeness (QED) is 0.0804. The van der Waals surface area contributed by atoms with Gasteiger partial charge in [0.15, 0.2) is 0 Å². The summed E-state index contributed by atoms with van der Waals surface area (Å²) in [4.78, 5) is 23.3. The Balaban J connectivity index is 2.39. The van der Waals surface area contributed by atoms with E-state index >= 15 is 0 Å². The van der Waals surface area contributed by atoms with Crippen molar-refractivity contribution in [3.8, 4) is 0 Å². The molecule has 0 unspecified atom stereocenters. The molecule has 0 aliphatic carbocycles. The van der Waals surface area contributed by atoms with E-state index in [4.69, 9.17) is 4.42 Å². The van der Waals surface area contributed by atoms with Crippen molar-refractivity contribution in [2.75, 3.05) is 11.9 Å². The molecule has 1 aromatic carbocycles. The van der Waals surface area contributed by atoms with Gasteiger partial charge in [0.2, 0.25) is 12.2 Å². The van der Waals surface area contributed by atoms with Crippen LogP contribution in [0.4, 0.5) is 23.2 Å². The summed E-state index contributed by atoms with van der Waals surface area (Å²) in [7, 11) is 0. The normalized spacial score (nSPS) is 14.1. The van der Waals surface area contributed by atoms with Crippen molar-refractivity contribution in [1.82, 2.24) is 10.9 Å². The van der Waals surface area contributed by atoms with Gasteiger partial charge in [0.1, 0.15) is 17.3 Å². The minimum absolute atomic E-state index is 0.0380. The van der Waals surface area contributed by atoms with E-state index in [1.54, 1.807) is 13.0 Å². The van der Waals surface area contributed by atoms with E-state index in [0.29, 0.717) is 37.8 Å². The number of carbonyl (C=O) groups is 2. The number of anilines is 1. The second-order valence-electron chi connectivity index (χ2n) is 8.26. The first-order valence-electron chi connectivity index (χ1n) is 11.0. The number of alkyl halides is 3. The van der Waals surface area contributed by atoms with E-state index < -0.39 is 34.8 Å². The van der Waals surface area contributed by atoms with Crippen LogP contribution in [-0.2, 0) is 22.2 Å². The number of aliphatic hydroxyl groups is 1. The summed E-state index contributed by atoms with van der Waals surface area (Å²) in [6.07, 6.45) is -3.02. The van der Waals surface area contributed by atoms with Crippen molar-refractivity contribution in [3.63, 3.8) is 0 Å². The summed E-state index contributed by atoms with van der Waals surface area (Å²) >= 11 is 0. The lowest BCUT2D eigenvalue weighted by Gasteiger charge is -2.34. The number of rotatable bonds is 12. The zero-order chi connectivity index (χ0) is 26.2. The van der Waals surface area contributed by atoms with E-state index in [9.17, 15) is 32.3 Å². The molecule has 0 spiro atoms. The standard InChI is InChI=1S/C24H29F4N3O4/c1-4-23(9-6-10-29-30-14-32,13-17-7-5-8-18(25)12-17)20(33)16(3)22(34)31-19-11-15(2)35-21(19)24(26,27)28/h5,7-8,11-12,14,29,33H,4,6,9-10,13H2,1-3H3,(H,30,32)(H,31,34)/b20-16-/t23-/m0/s1. The molecule has 1 heterocycles. The van der Waals surface area contributed by atoms with Crippen molar-refractivity contribution in [3.05, 3.63) is 64.6 Å². The molecular weight excluding hydrogens is 470 g/mol. The molecule has 0 saturated carbocycles. The zero-order valence-electron chi connectivity index (χ0n) is 19.7. The summed E-state index contributed by atoms with van der Waals surface area (Å²) in [5.74, 6) is -3.07. The van der Waals surface area contributed by atoms with Crippen LogP contribution in [-0.4, -0.2) is 24.0 Å². The highest BCUT2D eigenvalue weighted by molar-refractivity contribution is 6.04. The van der Waals surface area contributed by atoms with Gasteiger partial charge in [-0.05, 0) is 57.2 Å². The van der Waals surface area contributed by atoms with Crippen LogP contribution >= 0.6 is 0 Å². The van der Waals surface area contributed by atoms with E-state index in [-0.39, 0.29) is 23.5 Å². The van der Waals surface area contributed by atoms with Crippen LogP contribution in [0.3, 0.4) is 0 Å². The highest BCUT2D eigenvalue weighted by Crippen LogP contribution is 2.41. The van der Waals surface area contributed by atoms with Crippen LogP contribution < -0.4 is 16.2 Å². The largest absolute Gasteiger partial charge is 0.511 e. The Labute approximate surface area is 200 Å². The highest BCUT2D eigenvalue weighted by atomic mass is 19.4. The molecule has 1 atom stereocenters. The second-order valence-corrected chi connectivity index (χ2v) is 8.26. The molecule has 4 N–H and O–H groups in total. The fourth-order valence-electron chi connectivity index (χ4n) is 3.97. The SMILES string of the molecule is CC[C@](CCCNNC=O)(Cc1cccc(F)c1)/C(O)=C(\C)C(=O)Nc1cc(C)oc1C(F)(F)F. The number of hydrogen-bond donors (Lipinski definition) is 4. The number of aryl methyl sites for hydroxylation is 1. The third kappa shape index (κ3) is 7.32. The van der Waals surface area contributed by atoms with Crippen molar-refractivity contribution in [1.29, 1.82) is 0 Å². The van der Waals surface area contributed by atoms with Gasteiger partial charge in [-0.15, -0.1) is 0 Å². The molecule has 0 bridgehead atoms. The molecule has 7 nitrogen and oxygen atoms in total. The van der Waals surface area contributed by atoms with Gasteiger partial charge in [-0.25, -0.2) is 9.82 Å². The van der Waals surface area contributed by atoms with Crippen molar-refractivity contribution < 1.29 is 36.7 Å². The number of furan rings is 1. The fraction of sp³-hybridized carbons (Fsp3) is 0.417. The third-order valence-corrected chi connectivity index (χ3v) is 5.79. The molecule has 0 fully saturated rings. The number of halogens is 4. The average Bonchev–Trinajstić information content (AvgIpc) is 3.17. The maximum absolute atomic E-state index is 13.8. The average molecular weight is 500 g/mol. The maximum atomic E-state index is 13.8. The van der Waals surface area contributed by atoms with Crippen molar-refractivity contribution >= 4 is 18.0 Å². The summed E-state index contributed by atoms with van der Waals surface area (Å²) in [6, 6.07) is 6.87. The number of benzene rings is 1. The van der Waals surface area contributed by atoms with Crippen LogP contribution in [0.2, 0.25) is 0 Å². The molecule has 2 amide bonds. The molecule has 0 saturated heterocycles. The van der Waals surface area contributed by atoms with E-state index in [1.165, 1.54) is 32.0 Å². The lowest BCUT2D eigenvalue weighted by molar-refractivity contribution is -0.152. The van der Waals surface area contributed by atoms with Crippen molar-refractivity contribution in [2.24, 2.45) is 5.41 Å². The number of amides is 2. The van der Waals surface area contributed by atoms with Crippen LogP contribution in [0.1, 0.15) is 50.2 Å². The van der Waals surface area contributed by atoms with Gasteiger partial charge < -0.3 is 14.8 Å². The van der Waals surface area contributed by atoms with Crippen LogP contribution in [0, 0.1) is 18.2 Å². The smallest absolute Gasteiger partial charge is 0.451 e. The molecule has 1 aromatic heterocycles. The van der Waals surface area contributed by atoms with Gasteiger partial charge >= 0.3 is 6.18 Å². The number of nitrogens with one attached hydrogen (secondary N) is 3. The number of carbonyl (C=O) groups excluding carboxylic acids is 2. The Morgan fingerprint density at radius 3 is 2.54 bits per heavy atom. The number of hydrogen-bond acceptors (Lipinski definition) is 5. The lowest BCUT2D eigenvalue weighted by Crippen LogP contribution is -2.34. The number of allylic oxidation sites excluding steroid dienone is 1. The fourth-order valence-corrected chi connectivity index (χ4v) is 3.97. The van der Waals surface area contributed by atoms with E-state index in [0.717, 1.165) is 6.07 Å². The molecule has 192 valence electrons. The van der Waals surface area contributed by atoms with Crippen LogP contribution in [0.25, 0.3) is 0 Å². The molecule has 2 rings (SSSR count). The van der Waals surface area contributed by atoms with Gasteiger partial charge in [-0.2, -0.15) is 13.2 Å². The molecular formula is C24H29F4N3O4. The maximum Gasteiger partial charge on any atom is 0.451 e. The Bertz CT molecular complexity index is 1070. The monoisotopic (exact) mass is 499 g/mol. The predicted octanol–water partition coefficient (Wildman–Crippen LogP) is 5.19. The van der Waals surface area contributed by atoms with Gasteiger partial charge in [0.25, 0.3) is 5.91 Å². The Morgan fingerprint density at radius 2 is 1.94 bits per heavy atom.